The van der Waals surface area contributed by atoms with Crippen molar-refractivity contribution in [1.82, 2.24) is 10.2 Å². The number of amides is 3. The lowest BCUT2D eigenvalue weighted by molar-refractivity contribution is 0.0954. The number of rotatable bonds is 8. The molecular formula is C30H36N4O2. The zero-order chi connectivity index (χ0) is 25.3. The summed E-state index contributed by atoms with van der Waals surface area (Å²) in [5, 5.41) is 5.95. The number of benzene rings is 3. The molecule has 3 aromatic rings. The molecule has 0 unspecified atom stereocenters. The van der Waals surface area contributed by atoms with Crippen LogP contribution in [0.4, 0.5) is 16.2 Å². The third-order valence-electron chi connectivity index (χ3n) is 6.76. The quantitative estimate of drug-likeness (QED) is 0.461. The predicted molar refractivity (Wildman–Crippen MR) is 147 cm³/mol. The van der Waals surface area contributed by atoms with Gasteiger partial charge in [0.2, 0.25) is 0 Å². The normalized spacial score (nSPS) is 13.8. The van der Waals surface area contributed by atoms with E-state index in [9.17, 15) is 9.59 Å². The molecule has 0 bridgehead atoms. The fraction of sp³-hybridized carbons (Fsp3) is 0.333. The van der Waals surface area contributed by atoms with Gasteiger partial charge in [-0.25, -0.2) is 4.79 Å². The molecule has 0 spiro atoms. The van der Waals surface area contributed by atoms with Crippen LogP contribution in [-0.2, 0) is 12.8 Å². The van der Waals surface area contributed by atoms with Gasteiger partial charge in [0.1, 0.15) is 0 Å². The van der Waals surface area contributed by atoms with E-state index in [2.05, 4.69) is 58.0 Å². The maximum atomic E-state index is 13.3. The number of piperidine rings is 1. The van der Waals surface area contributed by atoms with Crippen molar-refractivity contribution in [3.8, 4) is 0 Å². The Morgan fingerprint density at radius 3 is 2.17 bits per heavy atom. The van der Waals surface area contributed by atoms with E-state index < -0.39 is 0 Å². The van der Waals surface area contributed by atoms with E-state index >= 15 is 0 Å². The third kappa shape index (κ3) is 6.87. The highest BCUT2D eigenvalue weighted by Gasteiger charge is 2.24. The SMILES string of the molecule is CN(C)C(=O)Nc1ccc(N2CCC(Cc3ccccc3)CC2)c(C(=O)NCCc2ccccc2)c1. The summed E-state index contributed by atoms with van der Waals surface area (Å²) >= 11 is 0. The van der Waals surface area contributed by atoms with E-state index in [1.807, 2.05) is 30.3 Å². The lowest BCUT2D eigenvalue weighted by Crippen LogP contribution is -2.36. The smallest absolute Gasteiger partial charge is 0.321 e. The molecule has 0 radical (unpaired) electrons. The molecule has 1 heterocycles. The Kier molecular flexibility index (Phi) is 8.61. The van der Waals surface area contributed by atoms with Gasteiger partial charge in [-0.05, 0) is 60.9 Å². The minimum atomic E-state index is -0.222. The first-order chi connectivity index (χ1) is 17.5. The largest absolute Gasteiger partial charge is 0.371 e. The molecule has 6 nitrogen and oxygen atoms in total. The minimum absolute atomic E-state index is 0.117. The van der Waals surface area contributed by atoms with Gasteiger partial charge < -0.3 is 20.4 Å². The zero-order valence-electron chi connectivity index (χ0n) is 21.2. The van der Waals surface area contributed by atoms with Crippen molar-refractivity contribution in [3.05, 3.63) is 95.6 Å². The molecule has 6 heteroatoms. The lowest BCUT2D eigenvalue weighted by Gasteiger charge is -2.35. The first-order valence-corrected chi connectivity index (χ1v) is 12.7. The molecule has 1 fully saturated rings. The van der Waals surface area contributed by atoms with E-state index in [0.717, 1.165) is 44.5 Å². The van der Waals surface area contributed by atoms with Gasteiger partial charge in [-0.3, -0.25) is 4.79 Å². The van der Waals surface area contributed by atoms with Gasteiger partial charge >= 0.3 is 6.03 Å². The van der Waals surface area contributed by atoms with E-state index in [4.69, 9.17) is 0 Å². The van der Waals surface area contributed by atoms with Gasteiger partial charge in [-0.2, -0.15) is 0 Å². The summed E-state index contributed by atoms with van der Waals surface area (Å²) in [6, 6.07) is 26.2. The number of hydrogen-bond acceptors (Lipinski definition) is 3. The molecule has 1 saturated heterocycles. The maximum absolute atomic E-state index is 13.3. The Labute approximate surface area is 214 Å². The summed E-state index contributed by atoms with van der Waals surface area (Å²) in [5.74, 6) is 0.527. The third-order valence-corrected chi connectivity index (χ3v) is 6.76. The molecule has 3 amide bonds. The molecule has 3 aromatic carbocycles. The van der Waals surface area contributed by atoms with Crippen molar-refractivity contribution >= 4 is 23.3 Å². The predicted octanol–water partition coefficient (Wildman–Crippen LogP) is 5.21. The summed E-state index contributed by atoms with van der Waals surface area (Å²) in [7, 11) is 3.39. The van der Waals surface area contributed by atoms with Crippen molar-refractivity contribution in [2.75, 3.05) is 43.9 Å². The van der Waals surface area contributed by atoms with Crippen LogP contribution in [0.5, 0.6) is 0 Å². The average Bonchev–Trinajstić information content (AvgIpc) is 2.90. The number of anilines is 2. The van der Waals surface area contributed by atoms with Crippen LogP contribution in [0.1, 0.15) is 34.3 Å². The van der Waals surface area contributed by atoms with Crippen LogP contribution in [0.25, 0.3) is 0 Å². The second-order valence-corrected chi connectivity index (χ2v) is 9.67. The summed E-state index contributed by atoms with van der Waals surface area (Å²) < 4.78 is 0. The molecule has 36 heavy (non-hydrogen) atoms. The van der Waals surface area contributed by atoms with E-state index in [1.165, 1.54) is 16.0 Å². The Morgan fingerprint density at radius 2 is 1.53 bits per heavy atom. The monoisotopic (exact) mass is 484 g/mol. The molecular weight excluding hydrogens is 448 g/mol. The van der Waals surface area contributed by atoms with Crippen LogP contribution in [0, 0.1) is 5.92 Å². The molecule has 2 N–H and O–H groups in total. The van der Waals surface area contributed by atoms with Crippen molar-refractivity contribution in [3.63, 3.8) is 0 Å². The highest BCUT2D eigenvalue weighted by Crippen LogP contribution is 2.30. The highest BCUT2D eigenvalue weighted by molar-refractivity contribution is 6.02. The van der Waals surface area contributed by atoms with Gasteiger partial charge in [0.15, 0.2) is 0 Å². The lowest BCUT2D eigenvalue weighted by atomic mass is 9.89. The molecule has 0 aliphatic carbocycles. The van der Waals surface area contributed by atoms with Crippen LogP contribution in [0.15, 0.2) is 78.9 Å². The molecule has 1 aliphatic heterocycles. The van der Waals surface area contributed by atoms with Crippen LogP contribution in [0.3, 0.4) is 0 Å². The highest BCUT2D eigenvalue weighted by atomic mass is 16.2. The van der Waals surface area contributed by atoms with Crippen LogP contribution in [-0.4, -0.2) is 50.6 Å². The molecule has 1 aliphatic rings. The van der Waals surface area contributed by atoms with Crippen LogP contribution < -0.4 is 15.5 Å². The van der Waals surface area contributed by atoms with Gasteiger partial charge in [0.25, 0.3) is 5.91 Å². The summed E-state index contributed by atoms with van der Waals surface area (Å²) in [4.78, 5) is 29.3. The molecule has 0 atom stereocenters. The van der Waals surface area contributed by atoms with Crippen molar-refractivity contribution < 1.29 is 9.59 Å². The second kappa shape index (κ2) is 12.2. The van der Waals surface area contributed by atoms with Crippen molar-refractivity contribution in [2.45, 2.75) is 25.7 Å². The number of urea groups is 1. The minimum Gasteiger partial charge on any atom is -0.371 e. The molecule has 0 saturated carbocycles. The van der Waals surface area contributed by atoms with Crippen molar-refractivity contribution in [2.24, 2.45) is 5.92 Å². The number of carbonyl (C=O) groups is 2. The first-order valence-electron chi connectivity index (χ1n) is 12.7. The van der Waals surface area contributed by atoms with E-state index in [1.54, 1.807) is 20.2 Å². The van der Waals surface area contributed by atoms with Gasteiger partial charge in [0.05, 0.1) is 5.56 Å². The van der Waals surface area contributed by atoms with Gasteiger partial charge in [0, 0.05) is 45.1 Å². The topological polar surface area (TPSA) is 64.7 Å². The summed E-state index contributed by atoms with van der Waals surface area (Å²) in [5.41, 5.74) is 4.71. The standard InChI is InChI=1S/C30H36N4O2/c1-33(2)30(36)32-26-13-14-28(27(22-26)29(35)31-18-15-23-9-5-3-6-10-23)34-19-16-25(17-20-34)21-24-11-7-4-8-12-24/h3-14,22,25H,15-21H2,1-2H3,(H,31,35)(H,32,36). The second-order valence-electron chi connectivity index (χ2n) is 9.67. The number of nitrogens with zero attached hydrogens (tertiary/aromatic N) is 2. The van der Waals surface area contributed by atoms with Crippen molar-refractivity contribution in [1.29, 1.82) is 0 Å². The Hall–Kier alpha value is -3.80. The average molecular weight is 485 g/mol. The van der Waals surface area contributed by atoms with Gasteiger partial charge in [-0.1, -0.05) is 60.7 Å². The van der Waals surface area contributed by atoms with Crippen LogP contribution in [0.2, 0.25) is 0 Å². The number of hydrogen-bond donors (Lipinski definition) is 2. The van der Waals surface area contributed by atoms with E-state index in [-0.39, 0.29) is 11.9 Å². The molecule has 188 valence electrons. The van der Waals surface area contributed by atoms with Crippen LogP contribution >= 0.6 is 0 Å². The molecule has 0 aromatic heterocycles. The maximum Gasteiger partial charge on any atom is 0.321 e. The Balaban J connectivity index is 1.45. The number of nitrogens with one attached hydrogen (secondary N) is 2. The number of carbonyl (C=O) groups excluding carboxylic acids is 2. The zero-order valence-corrected chi connectivity index (χ0v) is 21.2. The summed E-state index contributed by atoms with van der Waals surface area (Å²) in [6.45, 7) is 2.37. The summed E-state index contributed by atoms with van der Waals surface area (Å²) in [6.07, 6.45) is 4.03. The Bertz CT molecular complexity index is 1140. The van der Waals surface area contributed by atoms with E-state index in [0.29, 0.717) is 23.7 Å². The fourth-order valence-electron chi connectivity index (χ4n) is 4.69. The Morgan fingerprint density at radius 1 is 0.889 bits per heavy atom. The first kappa shape index (κ1) is 25.3. The van der Waals surface area contributed by atoms with Gasteiger partial charge in [-0.15, -0.1) is 0 Å². The molecule has 4 rings (SSSR count). The fourth-order valence-corrected chi connectivity index (χ4v) is 4.69.